The number of rotatable bonds is 9. The van der Waals surface area contributed by atoms with Gasteiger partial charge in [0.25, 0.3) is 0 Å². The molecule has 1 aromatic carbocycles. The van der Waals surface area contributed by atoms with E-state index in [2.05, 4.69) is 45.9 Å². The van der Waals surface area contributed by atoms with Crippen molar-refractivity contribution in [2.75, 3.05) is 0 Å². The molecule has 0 fully saturated rings. The molecule has 0 spiro atoms. The van der Waals surface area contributed by atoms with Crippen LogP contribution in [-0.2, 0) is 6.42 Å². The first kappa shape index (κ1) is 20.0. The topological polar surface area (TPSA) is 37.3 Å². The van der Waals surface area contributed by atoms with Crippen molar-refractivity contribution in [1.29, 1.82) is 0 Å². The minimum atomic E-state index is 0.250. The molecular weight excluding hydrogens is 296 g/mol. The Labute approximate surface area is 146 Å². The lowest BCUT2D eigenvalue weighted by Crippen LogP contribution is -1.88. The van der Waals surface area contributed by atoms with Gasteiger partial charge in [-0.1, -0.05) is 34.9 Å². The van der Waals surface area contributed by atoms with Gasteiger partial charge in [0.15, 0.2) is 0 Å². The molecule has 0 saturated carbocycles. The van der Waals surface area contributed by atoms with E-state index >= 15 is 0 Å². The lowest BCUT2D eigenvalue weighted by molar-refractivity contribution is 0.112. The van der Waals surface area contributed by atoms with Gasteiger partial charge >= 0.3 is 0 Å². The van der Waals surface area contributed by atoms with Crippen LogP contribution < -0.4 is 0 Å². The first-order valence-electron chi connectivity index (χ1n) is 8.64. The third-order valence-electron chi connectivity index (χ3n) is 4.03. The number of aldehydes is 1. The van der Waals surface area contributed by atoms with Gasteiger partial charge in [0, 0.05) is 5.56 Å². The second-order valence-corrected chi connectivity index (χ2v) is 6.67. The maximum atomic E-state index is 10.8. The third-order valence-corrected chi connectivity index (χ3v) is 4.03. The summed E-state index contributed by atoms with van der Waals surface area (Å²) in [5, 5.41) is 9.85. The molecule has 0 bridgehead atoms. The maximum absolute atomic E-state index is 10.8. The lowest BCUT2D eigenvalue weighted by atomic mass is 10.0. The van der Waals surface area contributed by atoms with E-state index in [-0.39, 0.29) is 5.75 Å². The molecular formula is C22H30O2. The Hall–Kier alpha value is -2.09. The molecule has 1 aromatic rings. The van der Waals surface area contributed by atoms with E-state index in [0.717, 1.165) is 37.5 Å². The van der Waals surface area contributed by atoms with E-state index in [1.54, 1.807) is 18.2 Å². The summed E-state index contributed by atoms with van der Waals surface area (Å²) < 4.78 is 0. The second kappa shape index (κ2) is 10.6. The molecule has 0 unspecified atom stereocenters. The third kappa shape index (κ3) is 7.96. The van der Waals surface area contributed by atoms with Crippen LogP contribution in [0.4, 0.5) is 0 Å². The highest BCUT2D eigenvalue weighted by Crippen LogP contribution is 2.20. The molecule has 2 nitrogen and oxygen atoms in total. The van der Waals surface area contributed by atoms with Gasteiger partial charge in [0.05, 0.1) is 0 Å². The van der Waals surface area contributed by atoms with Crippen LogP contribution in [0.25, 0.3) is 0 Å². The summed E-state index contributed by atoms with van der Waals surface area (Å²) in [5.74, 6) is 0.250. The van der Waals surface area contributed by atoms with Gasteiger partial charge in [-0.25, -0.2) is 0 Å². The fraction of sp³-hybridized carbons (Fsp3) is 0.409. The van der Waals surface area contributed by atoms with E-state index in [4.69, 9.17) is 0 Å². The van der Waals surface area contributed by atoms with Gasteiger partial charge < -0.3 is 5.11 Å². The molecule has 0 atom stereocenters. The molecule has 0 aliphatic carbocycles. The van der Waals surface area contributed by atoms with Crippen LogP contribution >= 0.6 is 0 Å². The molecule has 130 valence electrons. The summed E-state index contributed by atoms with van der Waals surface area (Å²) in [6.45, 7) is 8.58. The number of aromatic hydroxyl groups is 1. The highest BCUT2D eigenvalue weighted by molar-refractivity contribution is 5.75. The Morgan fingerprint density at radius 3 is 2.21 bits per heavy atom. The fourth-order valence-electron chi connectivity index (χ4n) is 2.47. The first-order valence-corrected chi connectivity index (χ1v) is 8.64. The Kier molecular flexibility index (Phi) is 8.85. The van der Waals surface area contributed by atoms with E-state index in [1.807, 2.05) is 0 Å². The molecule has 0 heterocycles. The second-order valence-electron chi connectivity index (χ2n) is 6.67. The van der Waals surface area contributed by atoms with Crippen molar-refractivity contribution in [3.63, 3.8) is 0 Å². The van der Waals surface area contributed by atoms with E-state index in [9.17, 15) is 9.90 Å². The molecule has 0 amide bonds. The van der Waals surface area contributed by atoms with Crippen LogP contribution in [0.15, 0.2) is 53.1 Å². The summed E-state index contributed by atoms with van der Waals surface area (Å²) >= 11 is 0. The van der Waals surface area contributed by atoms with Crippen LogP contribution in [0.2, 0.25) is 0 Å². The number of phenolic OH excluding ortho intramolecular Hbond substituents is 1. The predicted octanol–water partition coefficient (Wildman–Crippen LogP) is 6.17. The Morgan fingerprint density at radius 2 is 1.58 bits per heavy atom. The van der Waals surface area contributed by atoms with Gasteiger partial charge in [0.2, 0.25) is 0 Å². The zero-order valence-electron chi connectivity index (χ0n) is 15.4. The highest BCUT2D eigenvalue weighted by atomic mass is 16.3. The van der Waals surface area contributed by atoms with Crippen LogP contribution in [0, 0.1) is 0 Å². The van der Waals surface area contributed by atoms with Crippen LogP contribution in [0.5, 0.6) is 5.75 Å². The van der Waals surface area contributed by atoms with E-state index in [0.29, 0.717) is 12.0 Å². The largest absolute Gasteiger partial charge is 0.508 e. The zero-order valence-corrected chi connectivity index (χ0v) is 15.4. The van der Waals surface area contributed by atoms with Gasteiger partial charge in [-0.3, -0.25) is 4.79 Å². The molecule has 0 saturated heterocycles. The van der Waals surface area contributed by atoms with Crippen molar-refractivity contribution >= 4 is 6.29 Å². The fourth-order valence-corrected chi connectivity index (χ4v) is 2.47. The molecule has 1 N–H and O–H groups in total. The van der Waals surface area contributed by atoms with Crippen molar-refractivity contribution in [2.24, 2.45) is 0 Å². The van der Waals surface area contributed by atoms with Crippen molar-refractivity contribution in [3.8, 4) is 5.75 Å². The molecule has 2 heteroatoms. The average Bonchev–Trinajstić information content (AvgIpc) is 2.53. The van der Waals surface area contributed by atoms with E-state index < -0.39 is 0 Å². The molecule has 0 aromatic heterocycles. The number of benzene rings is 1. The standard InChI is InChI=1S/C22H30O2/c1-17(2)7-5-8-18(3)9-6-10-19(4)11-13-21-15-20(16-23)12-14-22(21)24/h7,9,11-12,14-16,24H,5-6,8,10,13H2,1-4H3/b18-9+,19-11+. The Balaban J connectivity index is 2.47. The van der Waals surface area contributed by atoms with Gasteiger partial charge in [0.1, 0.15) is 12.0 Å². The number of carbonyl (C=O) groups excluding carboxylic acids is 1. The number of hydrogen-bond donors (Lipinski definition) is 1. The lowest BCUT2D eigenvalue weighted by Gasteiger charge is -2.04. The van der Waals surface area contributed by atoms with Crippen molar-refractivity contribution < 1.29 is 9.90 Å². The summed E-state index contributed by atoms with van der Waals surface area (Å²) in [6, 6.07) is 4.96. The number of hydrogen-bond acceptors (Lipinski definition) is 2. The average molecular weight is 326 g/mol. The molecule has 24 heavy (non-hydrogen) atoms. The smallest absolute Gasteiger partial charge is 0.150 e. The number of phenols is 1. The number of allylic oxidation sites excluding steroid dienone is 6. The van der Waals surface area contributed by atoms with Crippen LogP contribution in [0.1, 0.15) is 69.3 Å². The summed E-state index contributed by atoms with van der Waals surface area (Å²) in [7, 11) is 0. The molecule has 0 radical (unpaired) electrons. The minimum absolute atomic E-state index is 0.250. The normalized spacial score (nSPS) is 12.2. The Bertz CT molecular complexity index is 629. The quantitative estimate of drug-likeness (QED) is 0.435. The van der Waals surface area contributed by atoms with Gasteiger partial charge in [-0.2, -0.15) is 0 Å². The molecule has 1 rings (SSSR count). The van der Waals surface area contributed by atoms with Crippen LogP contribution in [0.3, 0.4) is 0 Å². The monoisotopic (exact) mass is 326 g/mol. The molecule has 0 aliphatic rings. The Morgan fingerprint density at radius 1 is 0.958 bits per heavy atom. The minimum Gasteiger partial charge on any atom is -0.508 e. The summed E-state index contributed by atoms with van der Waals surface area (Å²) in [6.07, 6.45) is 12.5. The zero-order chi connectivity index (χ0) is 17.9. The van der Waals surface area contributed by atoms with Gasteiger partial charge in [-0.15, -0.1) is 0 Å². The summed E-state index contributed by atoms with van der Waals surface area (Å²) in [4.78, 5) is 10.8. The van der Waals surface area contributed by atoms with Crippen molar-refractivity contribution in [2.45, 2.75) is 59.8 Å². The maximum Gasteiger partial charge on any atom is 0.150 e. The van der Waals surface area contributed by atoms with Crippen molar-refractivity contribution in [1.82, 2.24) is 0 Å². The first-order chi connectivity index (χ1) is 11.4. The van der Waals surface area contributed by atoms with Gasteiger partial charge in [-0.05, 0) is 83.6 Å². The SMILES string of the molecule is CC(C)=CCC/C(C)=C/CC/C(C)=C/Cc1cc(C=O)ccc1O. The van der Waals surface area contributed by atoms with Crippen molar-refractivity contribution in [3.05, 3.63) is 64.3 Å². The van der Waals surface area contributed by atoms with E-state index in [1.165, 1.54) is 16.7 Å². The molecule has 0 aliphatic heterocycles. The highest BCUT2D eigenvalue weighted by Gasteiger charge is 2.01. The predicted molar refractivity (Wildman–Crippen MR) is 103 cm³/mol. The summed E-state index contributed by atoms with van der Waals surface area (Å²) in [5.41, 5.74) is 5.52. The van der Waals surface area contributed by atoms with Crippen LogP contribution in [-0.4, -0.2) is 11.4 Å². The number of carbonyl (C=O) groups is 1.